The second kappa shape index (κ2) is 4.92. The van der Waals surface area contributed by atoms with Crippen molar-refractivity contribution in [1.29, 1.82) is 0 Å². The first-order valence-corrected chi connectivity index (χ1v) is 7.61. The number of fused-ring (bicyclic) bond motifs is 1. The van der Waals surface area contributed by atoms with E-state index in [9.17, 15) is 5.11 Å². The predicted molar refractivity (Wildman–Crippen MR) is 78.3 cm³/mol. The maximum atomic E-state index is 10.3. The Bertz CT molecular complexity index is 448. The summed E-state index contributed by atoms with van der Waals surface area (Å²) in [6.07, 6.45) is 3.85. The summed E-state index contributed by atoms with van der Waals surface area (Å²) in [4.78, 5) is 2.42. The number of nitrogens with zero attached hydrogens (tertiary/aromatic N) is 1. The van der Waals surface area contributed by atoms with Gasteiger partial charge < -0.3 is 5.11 Å². The number of rotatable bonds is 3. The average Bonchev–Trinajstić information content (AvgIpc) is 2.37. The Balaban J connectivity index is 1.64. The number of β-amino-alcohol motifs (C(OH)–C–C–N with tert-alkyl or cyclic N) is 1. The van der Waals surface area contributed by atoms with Crippen LogP contribution in [0.4, 0.5) is 0 Å². The van der Waals surface area contributed by atoms with Crippen molar-refractivity contribution in [3.63, 3.8) is 0 Å². The van der Waals surface area contributed by atoms with Gasteiger partial charge in [0.05, 0.1) is 5.60 Å². The lowest BCUT2D eigenvalue weighted by molar-refractivity contribution is -0.129. The minimum absolute atomic E-state index is 0.363. The molecule has 1 aliphatic carbocycles. The zero-order valence-corrected chi connectivity index (χ0v) is 12.1. The maximum Gasteiger partial charge on any atom is 0.0922 e. The molecule has 2 aliphatic rings. The lowest BCUT2D eigenvalue weighted by Gasteiger charge is -2.50. The van der Waals surface area contributed by atoms with Crippen LogP contribution in [0.25, 0.3) is 0 Å². The first-order chi connectivity index (χ1) is 9.08. The van der Waals surface area contributed by atoms with Crippen LogP contribution < -0.4 is 0 Å². The number of hydrogen-bond donors (Lipinski definition) is 1. The van der Waals surface area contributed by atoms with Gasteiger partial charge in [-0.2, -0.15) is 0 Å². The molecule has 1 unspecified atom stereocenters. The van der Waals surface area contributed by atoms with Crippen molar-refractivity contribution in [2.45, 2.75) is 44.6 Å². The third-order valence-electron chi connectivity index (χ3n) is 5.04. The third kappa shape index (κ3) is 2.44. The van der Waals surface area contributed by atoms with Gasteiger partial charge in [-0.25, -0.2) is 0 Å². The van der Waals surface area contributed by atoms with Crippen molar-refractivity contribution in [3.8, 4) is 0 Å². The van der Waals surface area contributed by atoms with Crippen LogP contribution in [0.2, 0.25) is 0 Å². The van der Waals surface area contributed by atoms with E-state index >= 15 is 0 Å². The van der Waals surface area contributed by atoms with Crippen LogP contribution in [0.15, 0.2) is 24.3 Å². The lowest BCUT2D eigenvalue weighted by atomic mass is 9.79. The topological polar surface area (TPSA) is 23.5 Å². The van der Waals surface area contributed by atoms with Crippen molar-refractivity contribution >= 4 is 0 Å². The molecule has 0 amide bonds. The molecule has 1 aromatic rings. The fourth-order valence-electron chi connectivity index (χ4n) is 3.58. The SMILES string of the molecule is CC(C)C1(O)CN(CC2CCCc3ccccc32)C1. The maximum absolute atomic E-state index is 10.3. The Labute approximate surface area is 116 Å². The summed E-state index contributed by atoms with van der Waals surface area (Å²) >= 11 is 0. The third-order valence-corrected chi connectivity index (χ3v) is 5.04. The first-order valence-electron chi connectivity index (χ1n) is 7.61. The number of likely N-dealkylation sites (tertiary alicyclic amines) is 1. The number of aliphatic hydroxyl groups is 1. The Hall–Kier alpha value is -0.860. The molecule has 0 aromatic heterocycles. The molecule has 1 N–H and O–H groups in total. The minimum Gasteiger partial charge on any atom is -0.387 e. The average molecular weight is 259 g/mol. The van der Waals surface area contributed by atoms with E-state index in [1.807, 2.05) is 0 Å². The molecule has 1 aliphatic heterocycles. The molecular weight excluding hydrogens is 234 g/mol. The van der Waals surface area contributed by atoms with Gasteiger partial charge in [-0.05, 0) is 42.2 Å². The molecule has 1 fully saturated rings. The van der Waals surface area contributed by atoms with Crippen LogP contribution in [-0.4, -0.2) is 35.2 Å². The van der Waals surface area contributed by atoms with Gasteiger partial charge in [-0.15, -0.1) is 0 Å². The van der Waals surface area contributed by atoms with Gasteiger partial charge in [0.15, 0.2) is 0 Å². The van der Waals surface area contributed by atoms with Crippen LogP contribution in [0, 0.1) is 5.92 Å². The highest BCUT2D eigenvalue weighted by Crippen LogP contribution is 2.35. The Kier molecular flexibility index (Phi) is 3.40. The van der Waals surface area contributed by atoms with Gasteiger partial charge in [-0.3, -0.25) is 4.90 Å². The monoisotopic (exact) mass is 259 g/mol. The normalized spacial score (nSPS) is 26.0. The van der Waals surface area contributed by atoms with E-state index in [0.717, 1.165) is 19.6 Å². The molecule has 19 heavy (non-hydrogen) atoms. The first kappa shape index (κ1) is 13.1. The van der Waals surface area contributed by atoms with Crippen molar-refractivity contribution < 1.29 is 5.11 Å². The van der Waals surface area contributed by atoms with Crippen molar-refractivity contribution in [2.75, 3.05) is 19.6 Å². The molecule has 0 saturated carbocycles. The van der Waals surface area contributed by atoms with Gasteiger partial charge in [0.1, 0.15) is 0 Å². The van der Waals surface area contributed by atoms with Gasteiger partial charge in [0, 0.05) is 19.6 Å². The predicted octanol–water partition coefficient (Wildman–Crippen LogP) is 2.81. The summed E-state index contributed by atoms with van der Waals surface area (Å²) in [5, 5.41) is 10.3. The van der Waals surface area contributed by atoms with E-state index in [1.165, 1.54) is 19.3 Å². The van der Waals surface area contributed by atoms with Crippen LogP contribution in [0.5, 0.6) is 0 Å². The van der Waals surface area contributed by atoms with E-state index in [2.05, 4.69) is 43.0 Å². The summed E-state index contributed by atoms with van der Waals surface area (Å²) < 4.78 is 0. The second-order valence-corrected chi connectivity index (χ2v) is 6.72. The van der Waals surface area contributed by atoms with Gasteiger partial charge in [0.25, 0.3) is 0 Å². The van der Waals surface area contributed by atoms with Crippen LogP contribution >= 0.6 is 0 Å². The Morgan fingerprint density at radius 1 is 1.32 bits per heavy atom. The molecule has 0 radical (unpaired) electrons. The number of aryl methyl sites for hydroxylation is 1. The molecule has 1 saturated heterocycles. The molecule has 2 nitrogen and oxygen atoms in total. The van der Waals surface area contributed by atoms with Crippen LogP contribution in [-0.2, 0) is 6.42 Å². The van der Waals surface area contributed by atoms with E-state index in [4.69, 9.17) is 0 Å². The summed E-state index contributed by atoms with van der Waals surface area (Å²) in [6, 6.07) is 8.90. The van der Waals surface area contributed by atoms with Crippen LogP contribution in [0.1, 0.15) is 43.7 Å². The Morgan fingerprint density at radius 2 is 2.05 bits per heavy atom. The highest BCUT2D eigenvalue weighted by molar-refractivity contribution is 5.33. The van der Waals surface area contributed by atoms with Gasteiger partial charge in [0.2, 0.25) is 0 Å². The van der Waals surface area contributed by atoms with Crippen molar-refractivity contribution in [2.24, 2.45) is 5.92 Å². The molecule has 3 rings (SSSR count). The molecule has 1 heterocycles. The molecule has 0 bridgehead atoms. The minimum atomic E-state index is -0.436. The molecule has 104 valence electrons. The summed E-state index contributed by atoms with van der Waals surface area (Å²) in [5.74, 6) is 1.03. The lowest BCUT2D eigenvalue weighted by Crippen LogP contribution is -2.65. The molecule has 2 heteroatoms. The summed E-state index contributed by atoms with van der Waals surface area (Å²) in [6.45, 7) is 7.05. The van der Waals surface area contributed by atoms with Gasteiger partial charge >= 0.3 is 0 Å². The molecule has 1 aromatic carbocycles. The Morgan fingerprint density at radius 3 is 2.79 bits per heavy atom. The fraction of sp³-hybridized carbons (Fsp3) is 0.647. The quantitative estimate of drug-likeness (QED) is 0.902. The number of benzene rings is 1. The van der Waals surface area contributed by atoms with E-state index in [1.54, 1.807) is 11.1 Å². The fourth-order valence-corrected chi connectivity index (χ4v) is 3.58. The highest BCUT2D eigenvalue weighted by atomic mass is 16.3. The number of hydrogen-bond acceptors (Lipinski definition) is 2. The van der Waals surface area contributed by atoms with Crippen molar-refractivity contribution in [3.05, 3.63) is 35.4 Å². The van der Waals surface area contributed by atoms with E-state index < -0.39 is 5.60 Å². The zero-order chi connectivity index (χ0) is 13.5. The van der Waals surface area contributed by atoms with E-state index in [0.29, 0.717) is 11.8 Å². The van der Waals surface area contributed by atoms with Crippen molar-refractivity contribution in [1.82, 2.24) is 4.90 Å². The molecule has 1 atom stereocenters. The second-order valence-electron chi connectivity index (χ2n) is 6.72. The summed E-state index contributed by atoms with van der Waals surface area (Å²) in [7, 11) is 0. The zero-order valence-electron chi connectivity index (χ0n) is 12.1. The summed E-state index contributed by atoms with van der Waals surface area (Å²) in [5.41, 5.74) is 2.65. The smallest absolute Gasteiger partial charge is 0.0922 e. The van der Waals surface area contributed by atoms with E-state index in [-0.39, 0.29) is 0 Å². The highest BCUT2D eigenvalue weighted by Gasteiger charge is 2.44. The van der Waals surface area contributed by atoms with Gasteiger partial charge in [-0.1, -0.05) is 38.1 Å². The largest absolute Gasteiger partial charge is 0.387 e. The van der Waals surface area contributed by atoms with Crippen LogP contribution in [0.3, 0.4) is 0 Å². The molecular formula is C17H25NO. The standard InChI is InChI=1S/C17H25NO/c1-13(2)17(19)11-18(12-17)10-15-8-5-7-14-6-3-4-9-16(14)15/h3-4,6,9,13,15,19H,5,7-8,10-12H2,1-2H3. The molecule has 0 spiro atoms.